The van der Waals surface area contributed by atoms with E-state index in [-0.39, 0.29) is 17.4 Å². The monoisotopic (exact) mass is 373 g/mol. The number of carbonyl (C=O) groups is 2. The zero-order chi connectivity index (χ0) is 20.1. The molecule has 1 aromatic rings. The van der Waals surface area contributed by atoms with Crippen LogP contribution in [0, 0.1) is 0 Å². The first-order chi connectivity index (χ1) is 12.7. The first-order valence-electron chi connectivity index (χ1n) is 9.57. The van der Waals surface area contributed by atoms with E-state index in [4.69, 9.17) is 9.47 Å². The highest BCUT2D eigenvalue weighted by molar-refractivity contribution is 6.21. The van der Waals surface area contributed by atoms with Crippen LogP contribution in [-0.2, 0) is 9.47 Å². The SMILES string of the molecule is C=CCOC(C)(C)CCOC(C)(CC)CCN1C(=O)c2ccccc2C1=O. The van der Waals surface area contributed by atoms with E-state index in [0.717, 1.165) is 12.8 Å². The van der Waals surface area contributed by atoms with Crippen molar-refractivity contribution in [1.82, 2.24) is 4.90 Å². The van der Waals surface area contributed by atoms with Crippen LogP contribution in [0.15, 0.2) is 36.9 Å². The van der Waals surface area contributed by atoms with Gasteiger partial charge in [-0.25, -0.2) is 0 Å². The molecule has 1 aliphatic rings. The van der Waals surface area contributed by atoms with Gasteiger partial charge < -0.3 is 9.47 Å². The zero-order valence-corrected chi connectivity index (χ0v) is 16.9. The smallest absolute Gasteiger partial charge is 0.261 e. The van der Waals surface area contributed by atoms with Gasteiger partial charge in [0.2, 0.25) is 0 Å². The van der Waals surface area contributed by atoms with E-state index in [1.165, 1.54) is 4.90 Å². The van der Waals surface area contributed by atoms with E-state index in [9.17, 15) is 9.59 Å². The van der Waals surface area contributed by atoms with Crippen molar-refractivity contribution in [3.63, 3.8) is 0 Å². The number of ether oxygens (including phenoxy) is 2. The molecular formula is C22H31NO4. The third kappa shape index (κ3) is 5.27. The van der Waals surface area contributed by atoms with Crippen LogP contribution in [0.25, 0.3) is 0 Å². The van der Waals surface area contributed by atoms with Crippen LogP contribution in [0.3, 0.4) is 0 Å². The molecule has 5 heteroatoms. The van der Waals surface area contributed by atoms with Gasteiger partial charge in [-0.05, 0) is 52.2 Å². The van der Waals surface area contributed by atoms with Crippen molar-refractivity contribution in [1.29, 1.82) is 0 Å². The quantitative estimate of drug-likeness (QED) is 0.430. The predicted octanol–water partition coefficient (Wildman–Crippen LogP) is 4.23. The standard InChI is InChI=1S/C22H31NO4/c1-6-15-26-21(3,4)13-16-27-22(5,7-2)12-14-23-19(24)17-10-8-9-11-18(17)20(23)25/h6,8-11H,1,7,12-16H2,2-5H3. The third-order valence-electron chi connectivity index (χ3n) is 5.24. The van der Waals surface area contributed by atoms with Crippen molar-refractivity contribution in [2.75, 3.05) is 19.8 Å². The highest BCUT2D eigenvalue weighted by Gasteiger charge is 2.36. The lowest BCUT2D eigenvalue weighted by atomic mass is 9.98. The Morgan fingerprint density at radius 3 is 2.15 bits per heavy atom. The molecule has 0 fully saturated rings. The molecule has 0 radical (unpaired) electrons. The molecule has 0 saturated carbocycles. The van der Waals surface area contributed by atoms with E-state index in [0.29, 0.717) is 37.3 Å². The van der Waals surface area contributed by atoms with E-state index >= 15 is 0 Å². The van der Waals surface area contributed by atoms with Crippen molar-refractivity contribution in [2.24, 2.45) is 0 Å². The minimum absolute atomic E-state index is 0.215. The van der Waals surface area contributed by atoms with Crippen LogP contribution in [0.5, 0.6) is 0 Å². The van der Waals surface area contributed by atoms with Gasteiger partial charge in [-0.15, -0.1) is 6.58 Å². The molecule has 0 aromatic heterocycles. The molecule has 148 valence electrons. The fraction of sp³-hybridized carbons (Fsp3) is 0.545. The fourth-order valence-corrected chi connectivity index (χ4v) is 3.04. The van der Waals surface area contributed by atoms with Gasteiger partial charge >= 0.3 is 0 Å². The lowest BCUT2D eigenvalue weighted by molar-refractivity contribution is -0.0783. The Hall–Kier alpha value is -1.98. The topological polar surface area (TPSA) is 55.8 Å². The van der Waals surface area contributed by atoms with Gasteiger partial charge in [0.15, 0.2) is 0 Å². The van der Waals surface area contributed by atoms with Gasteiger partial charge in [0.25, 0.3) is 11.8 Å². The molecule has 1 aromatic carbocycles. The summed E-state index contributed by atoms with van der Waals surface area (Å²) in [5.41, 5.74) is 0.292. The molecule has 5 nitrogen and oxygen atoms in total. The Labute approximate surface area is 162 Å². The number of hydrogen-bond donors (Lipinski definition) is 0. The molecule has 27 heavy (non-hydrogen) atoms. The van der Waals surface area contributed by atoms with Crippen LogP contribution in [0.2, 0.25) is 0 Å². The number of carbonyl (C=O) groups excluding carboxylic acids is 2. The molecular weight excluding hydrogens is 342 g/mol. The maximum Gasteiger partial charge on any atom is 0.261 e. The first-order valence-corrected chi connectivity index (χ1v) is 9.57. The van der Waals surface area contributed by atoms with E-state index in [2.05, 4.69) is 13.5 Å². The van der Waals surface area contributed by atoms with Gasteiger partial charge in [-0.3, -0.25) is 14.5 Å². The molecule has 0 aliphatic carbocycles. The van der Waals surface area contributed by atoms with E-state index in [1.54, 1.807) is 30.3 Å². The summed E-state index contributed by atoms with van der Waals surface area (Å²) in [4.78, 5) is 26.3. The van der Waals surface area contributed by atoms with Gasteiger partial charge in [-0.2, -0.15) is 0 Å². The van der Waals surface area contributed by atoms with Crippen molar-refractivity contribution in [3.05, 3.63) is 48.0 Å². The molecule has 0 saturated heterocycles. The molecule has 0 N–H and O–H groups in total. The summed E-state index contributed by atoms with van der Waals surface area (Å²) in [6.45, 7) is 13.2. The summed E-state index contributed by atoms with van der Waals surface area (Å²) in [7, 11) is 0. The van der Waals surface area contributed by atoms with Crippen LogP contribution in [0.4, 0.5) is 0 Å². The van der Waals surface area contributed by atoms with Crippen molar-refractivity contribution < 1.29 is 19.1 Å². The highest BCUT2D eigenvalue weighted by atomic mass is 16.5. The molecule has 1 unspecified atom stereocenters. The van der Waals surface area contributed by atoms with Crippen LogP contribution in [-0.4, -0.2) is 47.7 Å². The average Bonchev–Trinajstić information content (AvgIpc) is 2.89. The van der Waals surface area contributed by atoms with Gasteiger partial charge in [0.1, 0.15) is 0 Å². The molecule has 1 aliphatic heterocycles. The van der Waals surface area contributed by atoms with E-state index in [1.807, 2.05) is 20.8 Å². The predicted molar refractivity (Wildman–Crippen MR) is 106 cm³/mol. The number of nitrogens with zero attached hydrogens (tertiary/aromatic N) is 1. The number of amides is 2. The second-order valence-electron chi connectivity index (χ2n) is 7.82. The lowest BCUT2D eigenvalue weighted by Crippen LogP contribution is -2.38. The zero-order valence-electron chi connectivity index (χ0n) is 16.9. The minimum atomic E-state index is -0.399. The number of rotatable bonds is 11. The molecule has 2 amide bonds. The first kappa shape index (κ1) is 21.3. The number of benzene rings is 1. The Morgan fingerprint density at radius 2 is 1.63 bits per heavy atom. The molecule has 0 bridgehead atoms. The Morgan fingerprint density at radius 1 is 1.04 bits per heavy atom. The number of hydrogen-bond acceptors (Lipinski definition) is 4. The van der Waals surface area contributed by atoms with Crippen molar-refractivity contribution >= 4 is 11.8 Å². The summed E-state index contributed by atoms with van der Waals surface area (Å²) < 4.78 is 11.9. The van der Waals surface area contributed by atoms with E-state index < -0.39 is 5.60 Å². The Kier molecular flexibility index (Phi) is 6.95. The Bertz CT molecular complexity index is 662. The van der Waals surface area contributed by atoms with Gasteiger partial charge in [-0.1, -0.05) is 25.1 Å². The maximum atomic E-state index is 12.5. The maximum absolute atomic E-state index is 12.5. The van der Waals surface area contributed by atoms with Crippen molar-refractivity contribution in [2.45, 2.75) is 58.2 Å². The number of fused-ring (bicyclic) bond motifs is 1. The van der Waals surface area contributed by atoms with Crippen LogP contribution in [0.1, 0.15) is 67.7 Å². The summed E-state index contributed by atoms with van der Waals surface area (Å²) in [6, 6.07) is 6.97. The summed E-state index contributed by atoms with van der Waals surface area (Å²) in [5, 5.41) is 0. The number of imide groups is 1. The van der Waals surface area contributed by atoms with Gasteiger partial charge in [0, 0.05) is 6.54 Å². The Balaban J connectivity index is 1.90. The third-order valence-corrected chi connectivity index (χ3v) is 5.24. The largest absolute Gasteiger partial charge is 0.375 e. The summed E-state index contributed by atoms with van der Waals surface area (Å²) >= 11 is 0. The second-order valence-corrected chi connectivity index (χ2v) is 7.82. The summed E-state index contributed by atoms with van der Waals surface area (Å²) in [6.07, 6.45) is 3.89. The summed E-state index contributed by atoms with van der Waals surface area (Å²) in [5.74, 6) is -0.430. The molecule has 1 heterocycles. The average molecular weight is 373 g/mol. The second kappa shape index (κ2) is 8.81. The van der Waals surface area contributed by atoms with Gasteiger partial charge in [0.05, 0.1) is 35.5 Å². The fourth-order valence-electron chi connectivity index (χ4n) is 3.04. The minimum Gasteiger partial charge on any atom is -0.375 e. The lowest BCUT2D eigenvalue weighted by Gasteiger charge is -2.32. The normalized spacial score (nSPS) is 16.4. The van der Waals surface area contributed by atoms with Crippen molar-refractivity contribution in [3.8, 4) is 0 Å². The van der Waals surface area contributed by atoms with Crippen LogP contribution < -0.4 is 0 Å². The molecule has 1 atom stereocenters. The highest BCUT2D eigenvalue weighted by Crippen LogP contribution is 2.27. The molecule has 2 rings (SSSR count). The molecule has 0 spiro atoms. The van der Waals surface area contributed by atoms with Crippen LogP contribution >= 0.6 is 0 Å².